The minimum absolute atomic E-state index is 0.160. The number of imidazole rings is 1. The van der Waals surface area contributed by atoms with Gasteiger partial charge in [-0.2, -0.15) is 5.10 Å². The number of H-pyrrole nitrogens is 1. The first-order valence-electron chi connectivity index (χ1n) is 7.59. The van der Waals surface area contributed by atoms with Gasteiger partial charge in [-0.05, 0) is 31.5 Å². The number of hydrogen-bond donors (Lipinski definition) is 2. The average Bonchev–Trinajstić information content (AvgIpc) is 3.01. The van der Waals surface area contributed by atoms with E-state index in [0.29, 0.717) is 0 Å². The van der Waals surface area contributed by atoms with Crippen molar-refractivity contribution >= 4 is 34.4 Å². The van der Waals surface area contributed by atoms with Crippen LogP contribution in [0.4, 0.5) is 0 Å². The molecule has 0 atom stereocenters. The van der Waals surface area contributed by atoms with Crippen LogP contribution in [-0.2, 0) is 4.79 Å². The molecule has 122 valence electrons. The van der Waals surface area contributed by atoms with Gasteiger partial charge in [0.2, 0.25) is 0 Å². The van der Waals surface area contributed by atoms with Crippen LogP contribution < -0.4 is 5.43 Å². The Bertz CT molecular complexity index is 850. The standard InChI is InChI=1S/C18H18N4OS/c1-12-7-9-14(10-8-12)13(2)21-22-17(23)11-24-18-19-15-5-3-4-6-16(15)20-18/h3-10H,11H2,1-2H3,(H,19,20)(H,22,23)/b21-13+. The van der Waals surface area contributed by atoms with Crippen LogP contribution in [0.15, 0.2) is 58.8 Å². The molecule has 0 fully saturated rings. The van der Waals surface area contributed by atoms with Crippen LogP contribution in [0.5, 0.6) is 0 Å². The maximum Gasteiger partial charge on any atom is 0.250 e. The zero-order valence-corrected chi connectivity index (χ0v) is 14.4. The van der Waals surface area contributed by atoms with Crippen LogP contribution in [0.2, 0.25) is 0 Å². The molecule has 0 aliphatic heterocycles. The predicted octanol–water partition coefficient (Wildman–Crippen LogP) is 3.50. The van der Waals surface area contributed by atoms with Crippen molar-refractivity contribution in [2.45, 2.75) is 19.0 Å². The zero-order chi connectivity index (χ0) is 16.9. The number of nitrogens with one attached hydrogen (secondary N) is 2. The first-order chi connectivity index (χ1) is 11.6. The van der Waals surface area contributed by atoms with Crippen LogP contribution in [0.25, 0.3) is 11.0 Å². The Morgan fingerprint density at radius 3 is 2.71 bits per heavy atom. The normalized spacial score (nSPS) is 11.7. The summed E-state index contributed by atoms with van der Waals surface area (Å²) in [5.74, 6) is 0.0942. The van der Waals surface area contributed by atoms with Gasteiger partial charge in [0.05, 0.1) is 22.5 Å². The van der Waals surface area contributed by atoms with Crippen molar-refractivity contribution in [3.8, 4) is 0 Å². The van der Waals surface area contributed by atoms with Gasteiger partial charge in [0, 0.05) is 0 Å². The second-order valence-electron chi connectivity index (χ2n) is 5.45. The minimum atomic E-state index is -0.160. The molecule has 0 aliphatic carbocycles. The van der Waals surface area contributed by atoms with Crippen LogP contribution in [0.1, 0.15) is 18.1 Å². The third-order valence-corrected chi connectivity index (χ3v) is 4.40. The molecule has 24 heavy (non-hydrogen) atoms. The number of fused-ring (bicyclic) bond motifs is 1. The highest BCUT2D eigenvalue weighted by atomic mass is 32.2. The lowest BCUT2D eigenvalue weighted by molar-refractivity contribution is -0.118. The molecule has 0 saturated heterocycles. The Balaban J connectivity index is 1.55. The van der Waals surface area contributed by atoms with Gasteiger partial charge in [-0.1, -0.05) is 53.7 Å². The molecule has 3 aromatic rings. The maximum absolute atomic E-state index is 11.9. The minimum Gasteiger partial charge on any atom is -0.333 e. The quantitative estimate of drug-likeness (QED) is 0.425. The largest absolute Gasteiger partial charge is 0.333 e. The van der Waals surface area contributed by atoms with Crippen LogP contribution in [-0.4, -0.2) is 27.3 Å². The summed E-state index contributed by atoms with van der Waals surface area (Å²) in [5, 5.41) is 4.88. The Hall–Kier alpha value is -2.60. The fraction of sp³-hybridized carbons (Fsp3) is 0.167. The number of hydrogen-bond acceptors (Lipinski definition) is 4. The van der Waals surface area contributed by atoms with Crippen molar-refractivity contribution in [1.82, 2.24) is 15.4 Å². The van der Waals surface area contributed by atoms with Gasteiger partial charge in [-0.15, -0.1) is 0 Å². The molecule has 6 heteroatoms. The molecule has 0 aliphatic rings. The Morgan fingerprint density at radius 2 is 1.96 bits per heavy atom. The fourth-order valence-corrected chi connectivity index (χ4v) is 2.85. The van der Waals surface area contributed by atoms with Gasteiger partial charge >= 0.3 is 0 Å². The van der Waals surface area contributed by atoms with E-state index in [4.69, 9.17) is 0 Å². The summed E-state index contributed by atoms with van der Waals surface area (Å²) >= 11 is 1.36. The van der Waals surface area contributed by atoms with Gasteiger partial charge in [-0.3, -0.25) is 4.79 Å². The van der Waals surface area contributed by atoms with Crippen molar-refractivity contribution in [2.24, 2.45) is 5.10 Å². The zero-order valence-electron chi connectivity index (χ0n) is 13.5. The first-order valence-corrected chi connectivity index (χ1v) is 8.58. The third kappa shape index (κ3) is 4.02. The molecule has 1 heterocycles. The molecule has 1 amide bonds. The second kappa shape index (κ2) is 7.31. The molecule has 0 unspecified atom stereocenters. The van der Waals surface area contributed by atoms with Crippen LogP contribution in [0.3, 0.4) is 0 Å². The summed E-state index contributed by atoms with van der Waals surface area (Å²) in [6.07, 6.45) is 0. The van der Waals surface area contributed by atoms with Crippen molar-refractivity contribution in [3.63, 3.8) is 0 Å². The summed E-state index contributed by atoms with van der Waals surface area (Å²) in [7, 11) is 0. The molecule has 0 spiro atoms. The summed E-state index contributed by atoms with van der Waals surface area (Å²) in [6.45, 7) is 3.91. The molecule has 2 aromatic carbocycles. The van der Waals surface area contributed by atoms with Gasteiger partial charge in [0.15, 0.2) is 5.16 Å². The number of para-hydroxylation sites is 2. The van der Waals surface area contributed by atoms with Crippen molar-refractivity contribution in [2.75, 3.05) is 5.75 Å². The molecule has 3 rings (SSSR count). The highest BCUT2D eigenvalue weighted by molar-refractivity contribution is 7.99. The Kier molecular flexibility index (Phi) is 4.96. The van der Waals surface area contributed by atoms with E-state index in [2.05, 4.69) is 20.5 Å². The number of amides is 1. The monoisotopic (exact) mass is 338 g/mol. The molecule has 0 saturated carbocycles. The number of thioether (sulfide) groups is 1. The smallest absolute Gasteiger partial charge is 0.250 e. The van der Waals surface area contributed by atoms with Crippen LogP contribution in [0, 0.1) is 6.92 Å². The predicted molar refractivity (Wildman–Crippen MR) is 98.4 cm³/mol. The van der Waals surface area contributed by atoms with Crippen molar-refractivity contribution in [1.29, 1.82) is 0 Å². The fourth-order valence-electron chi connectivity index (χ4n) is 2.17. The molecule has 1 aromatic heterocycles. The molecule has 0 bridgehead atoms. The maximum atomic E-state index is 11.9. The Morgan fingerprint density at radius 1 is 1.21 bits per heavy atom. The van der Waals surface area contributed by atoms with E-state index < -0.39 is 0 Å². The SMILES string of the molecule is C/C(=N\NC(=O)CSc1nc2ccccc2[nH]1)c1ccc(C)cc1. The topological polar surface area (TPSA) is 70.1 Å². The number of aromatic amines is 1. The Labute approximate surface area is 144 Å². The summed E-state index contributed by atoms with van der Waals surface area (Å²) in [6, 6.07) is 15.8. The summed E-state index contributed by atoms with van der Waals surface area (Å²) in [4.78, 5) is 19.6. The lowest BCUT2D eigenvalue weighted by Crippen LogP contribution is -2.21. The highest BCUT2D eigenvalue weighted by Crippen LogP contribution is 2.18. The lowest BCUT2D eigenvalue weighted by Gasteiger charge is -2.03. The van der Waals surface area contributed by atoms with Gasteiger partial charge in [0.1, 0.15) is 0 Å². The number of benzene rings is 2. The number of nitrogens with zero attached hydrogens (tertiary/aromatic N) is 2. The van der Waals surface area contributed by atoms with E-state index in [0.717, 1.165) is 27.5 Å². The van der Waals surface area contributed by atoms with Gasteiger partial charge in [-0.25, -0.2) is 10.4 Å². The molecular formula is C18H18N4OS. The summed E-state index contributed by atoms with van der Waals surface area (Å²) < 4.78 is 0. The molecular weight excluding hydrogens is 320 g/mol. The third-order valence-electron chi connectivity index (χ3n) is 3.53. The van der Waals surface area contributed by atoms with Crippen LogP contribution >= 0.6 is 11.8 Å². The van der Waals surface area contributed by atoms with E-state index in [1.54, 1.807) is 0 Å². The van der Waals surface area contributed by atoms with E-state index >= 15 is 0 Å². The number of aryl methyl sites for hydroxylation is 1. The van der Waals surface area contributed by atoms with E-state index in [1.807, 2.05) is 62.4 Å². The number of carbonyl (C=O) groups is 1. The van der Waals surface area contributed by atoms with Gasteiger partial charge < -0.3 is 4.98 Å². The van der Waals surface area contributed by atoms with Gasteiger partial charge in [0.25, 0.3) is 5.91 Å². The second-order valence-corrected chi connectivity index (χ2v) is 6.41. The molecule has 0 radical (unpaired) electrons. The average molecular weight is 338 g/mol. The van der Waals surface area contributed by atoms with Crippen molar-refractivity contribution in [3.05, 3.63) is 59.7 Å². The number of aromatic nitrogens is 2. The first kappa shape index (κ1) is 16.3. The van der Waals surface area contributed by atoms with Crippen molar-refractivity contribution < 1.29 is 4.79 Å². The molecule has 5 nitrogen and oxygen atoms in total. The molecule has 2 N–H and O–H groups in total. The van der Waals surface area contributed by atoms with E-state index in [9.17, 15) is 4.79 Å². The van der Waals surface area contributed by atoms with E-state index in [-0.39, 0.29) is 11.7 Å². The highest BCUT2D eigenvalue weighted by Gasteiger charge is 2.06. The number of rotatable bonds is 5. The number of carbonyl (C=O) groups excluding carboxylic acids is 1. The number of hydrazone groups is 1. The lowest BCUT2D eigenvalue weighted by atomic mass is 10.1. The van der Waals surface area contributed by atoms with E-state index in [1.165, 1.54) is 17.3 Å². The summed E-state index contributed by atoms with van der Waals surface area (Å²) in [5.41, 5.74) is 7.41.